The molecule has 0 fully saturated rings. The minimum absolute atomic E-state index is 0.437. The van der Waals surface area contributed by atoms with Gasteiger partial charge in [0.25, 0.3) is 0 Å². The van der Waals surface area contributed by atoms with Gasteiger partial charge in [-0.1, -0.05) is 29.8 Å². The lowest BCUT2D eigenvalue weighted by Crippen LogP contribution is -2.31. The average molecular weight is 381 g/mol. The van der Waals surface area contributed by atoms with Gasteiger partial charge in [-0.2, -0.15) is 13.2 Å². The molecule has 136 valence electrons. The molecule has 0 saturated carbocycles. The summed E-state index contributed by atoms with van der Waals surface area (Å²) in [4.78, 5) is 13.0. The zero-order valence-electron chi connectivity index (χ0n) is 13.6. The largest absolute Gasteiger partial charge is 0.416 e. The Morgan fingerprint density at radius 1 is 1.15 bits per heavy atom. The van der Waals surface area contributed by atoms with Crippen molar-refractivity contribution in [3.8, 4) is 0 Å². The van der Waals surface area contributed by atoms with Crippen LogP contribution in [0.15, 0.2) is 48.5 Å². The number of nitrogens with two attached hydrogens (primary N) is 1. The number of nitrogen functional groups attached to an aromatic ring is 1. The van der Waals surface area contributed by atoms with Crippen molar-refractivity contribution in [3.05, 3.63) is 70.3 Å². The standard InChI is InChI=1S/C19H16ClF3N2O/c20-15-5-6-17(24)16(10-15)13-7-8-25(11-26)18(9-13)12-1-3-14(4-2-12)19(21,22)23/h1-6,9-11,18H,7-8,24H2. The Labute approximate surface area is 153 Å². The third kappa shape index (κ3) is 3.70. The molecule has 0 saturated heterocycles. The fraction of sp³-hybridized carbons (Fsp3) is 0.211. The van der Waals surface area contributed by atoms with Crippen LogP contribution in [0.3, 0.4) is 0 Å². The van der Waals surface area contributed by atoms with Crippen molar-refractivity contribution in [2.24, 2.45) is 0 Å². The molecule has 2 aromatic carbocycles. The summed E-state index contributed by atoms with van der Waals surface area (Å²) in [5.41, 5.74) is 8.16. The second-order valence-corrected chi connectivity index (χ2v) is 6.52. The Balaban J connectivity index is 2.00. The van der Waals surface area contributed by atoms with Crippen LogP contribution in [0.1, 0.15) is 29.2 Å². The normalized spacial score (nSPS) is 17.8. The van der Waals surface area contributed by atoms with Gasteiger partial charge in [0.1, 0.15) is 0 Å². The number of rotatable bonds is 3. The molecule has 3 rings (SSSR count). The van der Waals surface area contributed by atoms with E-state index in [-0.39, 0.29) is 0 Å². The summed E-state index contributed by atoms with van der Waals surface area (Å²) >= 11 is 6.05. The quantitative estimate of drug-likeness (QED) is 0.606. The van der Waals surface area contributed by atoms with E-state index in [4.69, 9.17) is 17.3 Å². The van der Waals surface area contributed by atoms with Gasteiger partial charge in [0.15, 0.2) is 0 Å². The summed E-state index contributed by atoms with van der Waals surface area (Å²) in [6.45, 7) is 0.437. The van der Waals surface area contributed by atoms with Crippen LogP contribution in [0.2, 0.25) is 5.02 Å². The van der Waals surface area contributed by atoms with E-state index in [1.807, 2.05) is 6.08 Å². The molecule has 0 radical (unpaired) electrons. The first-order chi connectivity index (χ1) is 12.3. The molecule has 1 amide bonds. The number of amides is 1. The van der Waals surface area contributed by atoms with Crippen LogP contribution >= 0.6 is 11.6 Å². The van der Waals surface area contributed by atoms with Crippen molar-refractivity contribution in [1.82, 2.24) is 4.90 Å². The average Bonchev–Trinajstić information content (AvgIpc) is 2.62. The molecule has 0 spiro atoms. The van der Waals surface area contributed by atoms with Gasteiger partial charge < -0.3 is 10.6 Å². The molecule has 1 atom stereocenters. The first-order valence-electron chi connectivity index (χ1n) is 7.94. The van der Waals surface area contributed by atoms with Crippen molar-refractivity contribution >= 4 is 29.3 Å². The summed E-state index contributed by atoms with van der Waals surface area (Å²) in [6.07, 6.45) is -1.26. The molecule has 3 nitrogen and oxygen atoms in total. The molecular formula is C19H16ClF3N2O. The molecule has 1 aliphatic rings. The van der Waals surface area contributed by atoms with E-state index >= 15 is 0 Å². The number of benzene rings is 2. The van der Waals surface area contributed by atoms with Gasteiger partial charge in [-0.3, -0.25) is 4.79 Å². The number of hydrogen-bond acceptors (Lipinski definition) is 2. The Bertz CT molecular complexity index is 847. The zero-order valence-corrected chi connectivity index (χ0v) is 14.4. The van der Waals surface area contributed by atoms with E-state index in [1.54, 1.807) is 23.1 Å². The van der Waals surface area contributed by atoms with Gasteiger partial charge in [0, 0.05) is 22.8 Å². The lowest BCUT2D eigenvalue weighted by Gasteiger charge is -2.32. The Morgan fingerprint density at radius 2 is 1.85 bits per heavy atom. The topological polar surface area (TPSA) is 46.3 Å². The first kappa shape index (κ1) is 18.3. The number of anilines is 1. The highest BCUT2D eigenvalue weighted by Gasteiger charge is 2.31. The maximum absolute atomic E-state index is 12.8. The van der Waals surface area contributed by atoms with Crippen LogP contribution in [0.5, 0.6) is 0 Å². The number of carbonyl (C=O) groups is 1. The van der Waals surface area contributed by atoms with Gasteiger partial charge in [-0.05, 0) is 47.9 Å². The van der Waals surface area contributed by atoms with Crippen LogP contribution in [0.25, 0.3) is 5.57 Å². The van der Waals surface area contributed by atoms with Gasteiger partial charge in [-0.25, -0.2) is 0 Å². The number of carbonyl (C=O) groups excluding carboxylic acids is 1. The highest BCUT2D eigenvalue weighted by atomic mass is 35.5. The molecule has 1 aliphatic heterocycles. The SMILES string of the molecule is Nc1ccc(Cl)cc1C1=CC(c2ccc(C(F)(F)F)cc2)N(C=O)CC1. The highest BCUT2D eigenvalue weighted by Crippen LogP contribution is 2.37. The van der Waals surface area contributed by atoms with E-state index < -0.39 is 17.8 Å². The molecule has 26 heavy (non-hydrogen) atoms. The fourth-order valence-electron chi connectivity index (χ4n) is 3.06. The predicted octanol–water partition coefficient (Wildman–Crippen LogP) is 4.93. The molecule has 0 aliphatic carbocycles. The molecule has 0 aromatic heterocycles. The molecule has 2 aromatic rings. The molecule has 1 heterocycles. The molecule has 0 bridgehead atoms. The van der Waals surface area contributed by atoms with E-state index in [2.05, 4.69) is 0 Å². The van der Waals surface area contributed by atoms with Gasteiger partial charge in [0.2, 0.25) is 6.41 Å². The second kappa shape index (κ2) is 7.03. The van der Waals surface area contributed by atoms with Gasteiger partial charge in [0.05, 0.1) is 11.6 Å². The Hall–Kier alpha value is -2.47. The molecule has 7 heteroatoms. The maximum atomic E-state index is 12.8. The first-order valence-corrected chi connectivity index (χ1v) is 8.31. The molecular weight excluding hydrogens is 365 g/mol. The van der Waals surface area contributed by atoms with E-state index in [1.165, 1.54) is 12.1 Å². The number of alkyl halides is 3. The van der Waals surface area contributed by atoms with Crippen molar-refractivity contribution in [2.45, 2.75) is 18.6 Å². The van der Waals surface area contributed by atoms with Crippen molar-refractivity contribution < 1.29 is 18.0 Å². The third-order valence-corrected chi connectivity index (χ3v) is 4.67. The summed E-state index contributed by atoms with van der Waals surface area (Å²) in [5, 5.41) is 0.541. The van der Waals surface area contributed by atoms with Crippen molar-refractivity contribution in [2.75, 3.05) is 12.3 Å². The summed E-state index contributed by atoms with van der Waals surface area (Å²) in [5.74, 6) is 0. The monoisotopic (exact) mass is 380 g/mol. The Morgan fingerprint density at radius 3 is 2.46 bits per heavy atom. The summed E-state index contributed by atoms with van der Waals surface area (Å²) in [7, 11) is 0. The predicted molar refractivity (Wildman–Crippen MR) is 95.4 cm³/mol. The van der Waals surface area contributed by atoms with Crippen molar-refractivity contribution in [1.29, 1.82) is 0 Å². The van der Waals surface area contributed by atoms with Crippen LogP contribution in [0.4, 0.5) is 18.9 Å². The van der Waals surface area contributed by atoms with E-state index in [9.17, 15) is 18.0 Å². The minimum atomic E-state index is -4.40. The number of halogens is 4. The maximum Gasteiger partial charge on any atom is 0.416 e. The van der Waals surface area contributed by atoms with Crippen LogP contribution in [-0.4, -0.2) is 17.9 Å². The molecule has 2 N–H and O–H groups in total. The van der Waals surface area contributed by atoms with Crippen LogP contribution in [0, 0.1) is 0 Å². The Kier molecular flexibility index (Phi) is 4.96. The highest BCUT2D eigenvalue weighted by molar-refractivity contribution is 6.30. The van der Waals surface area contributed by atoms with Crippen LogP contribution in [-0.2, 0) is 11.0 Å². The third-order valence-electron chi connectivity index (χ3n) is 4.43. The fourth-order valence-corrected chi connectivity index (χ4v) is 3.24. The van der Waals surface area contributed by atoms with Crippen LogP contribution < -0.4 is 5.73 Å². The summed E-state index contributed by atoms with van der Waals surface area (Å²) < 4.78 is 38.3. The zero-order chi connectivity index (χ0) is 18.9. The smallest absolute Gasteiger partial charge is 0.398 e. The summed E-state index contributed by atoms with van der Waals surface area (Å²) in [6, 6.07) is 9.52. The van der Waals surface area contributed by atoms with Gasteiger partial charge in [-0.15, -0.1) is 0 Å². The molecule has 1 unspecified atom stereocenters. The van der Waals surface area contributed by atoms with E-state index in [0.717, 1.165) is 23.3 Å². The second-order valence-electron chi connectivity index (χ2n) is 6.08. The lowest BCUT2D eigenvalue weighted by molar-refractivity contribution is -0.137. The van der Waals surface area contributed by atoms with E-state index in [0.29, 0.717) is 35.6 Å². The van der Waals surface area contributed by atoms with Gasteiger partial charge >= 0.3 is 6.18 Å². The number of nitrogens with zero attached hydrogens (tertiary/aromatic N) is 1. The van der Waals surface area contributed by atoms with Crippen molar-refractivity contribution in [3.63, 3.8) is 0 Å². The minimum Gasteiger partial charge on any atom is -0.398 e. The number of hydrogen-bond donors (Lipinski definition) is 1. The lowest BCUT2D eigenvalue weighted by atomic mass is 9.91.